The maximum atomic E-state index is 12.3. The summed E-state index contributed by atoms with van der Waals surface area (Å²) in [6.45, 7) is 4.47. The summed E-state index contributed by atoms with van der Waals surface area (Å²) in [4.78, 5) is 14.6. The minimum Gasteiger partial charge on any atom is -0.489 e. The predicted octanol–water partition coefficient (Wildman–Crippen LogP) is 3.43. The van der Waals surface area contributed by atoms with Crippen LogP contribution in [0.3, 0.4) is 0 Å². The van der Waals surface area contributed by atoms with Crippen molar-refractivity contribution in [2.45, 2.75) is 31.7 Å². The van der Waals surface area contributed by atoms with Gasteiger partial charge < -0.3 is 24.4 Å². The molecule has 0 bridgehead atoms. The Bertz CT molecular complexity index is 778. The molecule has 1 N–H and O–H groups in total. The van der Waals surface area contributed by atoms with Crippen molar-refractivity contribution in [2.75, 3.05) is 38.2 Å². The second-order valence-electron chi connectivity index (χ2n) is 7.55. The molecule has 2 aromatic carbocycles. The van der Waals surface area contributed by atoms with Crippen LogP contribution in [0.1, 0.15) is 24.8 Å². The van der Waals surface area contributed by atoms with Gasteiger partial charge in [-0.3, -0.25) is 4.79 Å². The van der Waals surface area contributed by atoms with Crippen LogP contribution in [0.2, 0.25) is 0 Å². The maximum absolute atomic E-state index is 12.3. The number of hydrogen-bond acceptors (Lipinski definition) is 5. The van der Waals surface area contributed by atoms with E-state index in [4.69, 9.17) is 14.2 Å². The molecule has 0 aromatic heterocycles. The van der Waals surface area contributed by atoms with Crippen LogP contribution in [-0.4, -0.2) is 49.4 Å². The molecular weight excluding hydrogens is 368 g/mol. The highest BCUT2D eigenvalue weighted by Gasteiger charge is 2.39. The second-order valence-corrected chi connectivity index (χ2v) is 7.55. The fourth-order valence-corrected chi connectivity index (χ4v) is 3.76. The van der Waals surface area contributed by atoms with Crippen molar-refractivity contribution in [2.24, 2.45) is 0 Å². The molecule has 6 nitrogen and oxygen atoms in total. The summed E-state index contributed by atoms with van der Waals surface area (Å²) in [6.07, 6.45) is 2.22. The lowest BCUT2D eigenvalue weighted by atomic mass is 10.0. The zero-order valence-corrected chi connectivity index (χ0v) is 16.6. The monoisotopic (exact) mass is 396 g/mol. The molecule has 2 aliphatic heterocycles. The molecule has 6 heteroatoms. The standard InChI is InChI=1S/C23H28N2O4/c26-22(10-13-25-14-11-23(12-15-25)28-16-17-29-23)24-20-6-8-21(9-7-20)27-18-19-4-2-1-3-5-19/h1-9H,10-18H2,(H,24,26). The molecule has 154 valence electrons. The number of benzene rings is 2. The average molecular weight is 396 g/mol. The molecule has 0 saturated carbocycles. The van der Waals surface area contributed by atoms with Crippen molar-refractivity contribution in [3.05, 3.63) is 60.2 Å². The first kappa shape index (κ1) is 19.9. The number of ether oxygens (including phenoxy) is 3. The molecule has 1 spiro atoms. The highest BCUT2D eigenvalue weighted by atomic mass is 16.7. The van der Waals surface area contributed by atoms with Crippen LogP contribution in [0.5, 0.6) is 5.75 Å². The van der Waals surface area contributed by atoms with Gasteiger partial charge in [-0.1, -0.05) is 30.3 Å². The molecule has 2 aromatic rings. The Morgan fingerprint density at radius 3 is 2.38 bits per heavy atom. The van der Waals surface area contributed by atoms with Gasteiger partial charge in [-0.05, 0) is 29.8 Å². The van der Waals surface area contributed by atoms with E-state index in [9.17, 15) is 4.79 Å². The number of rotatable bonds is 7. The highest BCUT2D eigenvalue weighted by molar-refractivity contribution is 5.90. The Morgan fingerprint density at radius 2 is 1.69 bits per heavy atom. The fraction of sp³-hybridized carbons (Fsp3) is 0.435. The minimum absolute atomic E-state index is 0.0246. The van der Waals surface area contributed by atoms with Gasteiger partial charge in [0.2, 0.25) is 5.91 Å². The van der Waals surface area contributed by atoms with Crippen molar-refractivity contribution < 1.29 is 19.0 Å². The molecule has 2 aliphatic rings. The smallest absolute Gasteiger partial charge is 0.225 e. The van der Waals surface area contributed by atoms with Crippen LogP contribution in [0.4, 0.5) is 5.69 Å². The number of amides is 1. The van der Waals surface area contributed by atoms with E-state index in [1.54, 1.807) is 0 Å². The van der Waals surface area contributed by atoms with E-state index < -0.39 is 0 Å². The normalized spacial score (nSPS) is 18.6. The van der Waals surface area contributed by atoms with Crippen molar-refractivity contribution in [3.63, 3.8) is 0 Å². The Morgan fingerprint density at radius 1 is 1.00 bits per heavy atom. The van der Waals surface area contributed by atoms with Gasteiger partial charge in [-0.25, -0.2) is 0 Å². The third-order valence-corrected chi connectivity index (χ3v) is 5.47. The molecule has 4 rings (SSSR count). The van der Waals surface area contributed by atoms with E-state index in [0.29, 0.717) is 26.2 Å². The zero-order valence-electron chi connectivity index (χ0n) is 16.6. The number of nitrogens with zero attached hydrogens (tertiary/aromatic N) is 1. The summed E-state index contributed by atoms with van der Waals surface area (Å²) in [5.74, 6) is 0.449. The summed E-state index contributed by atoms with van der Waals surface area (Å²) in [5.41, 5.74) is 1.91. The third-order valence-electron chi connectivity index (χ3n) is 5.47. The second kappa shape index (κ2) is 9.39. The Labute approximate surface area is 171 Å². The quantitative estimate of drug-likeness (QED) is 0.777. The molecule has 0 atom stereocenters. The minimum atomic E-state index is -0.358. The first-order chi connectivity index (χ1) is 14.2. The highest BCUT2D eigenvalue weighted by Crippen LogP contribution is 2.31. The predicted molar refractivity (Wildman–Crippen MR) is 111 cm³/mol. The fourth-order valence-electron chi connectivity index (χ4n) is 3.76. The van der Waals surface area contributed by atoms with Crippen LogP contribution in [0.15, 0.2) is 54.6 Å². The molecule has 29 heavy (non-hydrogen) atoms. The van der Waals surface area contributed by atoms with Crippen LogP contribution in [-0.2, 0) is 20.9 Å². The zero-order chi connectivity index (χ0) is 19.9. The lowest BCUT2D eigenvalue weighted by molar-refractivity contribution is -0.185. The van der Waals surface area contributed by atoms with Gasteiger partial charge in [0.15, 0.2) is 5.79 Å². The maximum Gasteiger partial charge on any atom is 0.225 e. The number of likely N-dealkylation sites (tertiary alicyclic amines) is 1. The molecule has 0 unspecified atom stereocenters. The van der Waals surface area contributed by atoms with Gasteiger partial charge in [0.25, 0.3) is 0 Å². The first-order valence-electron chi connectivity index (χ1n) is 10.3. The summed E-state index contributed by atoms with van der Waals surface area (Å²) in [7, 11) is 0. The van der Waals surface area contributed by atoms with E-state index >= 15 is 0 Å². The van der Waals surface area contributed by atoms with Crippen molar-refractivity contribution >= 4 is 11.6 Å². The third kappa shape index (κ3) is 5.56. The summed E-state index contributed by atoms with van der Waals surface area (Å²) >= 11 is 0. The van der Waals surface area contributed by atoms with Gasteiger partial charge in [-0.15, -0.1) is 0 Å². The van der Waals surface area contributed by atoms with E-state index in [0.717, 1.165) is 49.5 Å². The SMILES string of the molecule is O=C(CCN1CCC2(CC1)OCCO2)Nc1ccc(OCc2ccccc2)cc1. The average Bonchev–Trinajstić information content (AvgIpc) is 3.22. The lowest BCUT2D eigenvalue weighted by Crippen LogP contribution is -2.45. The van der Waals surface area contributed by atoms with Crippen molar-refractivity contribution in [3.8, 4) is 5.75 Å². The van der Waals surface area contributed by atoms with Gasteiger partial charge in [0.05, 0.1) is 13.2 Å². The van der Waals surface area contributed by atoms with Crippen LogP contribution < -0.4 is 10.1 Å². The van der Waals surface area contributed by atoms with Crippen molar-refractivity contribution in [1.82, 2.24) is 4.90 Å². The van der Waals surface area contributed by atoms with Crippen molar-refractivity contribution in [1.29, 1.82) is 0 Å². The van der Waals surface area contributed by atoms with E-state index in [1.165, 1.54) is 0 Å². The first-order valence-corrected chi connectivity index (χ1v) is 10.3. The van der Waals surface area contributed by atoms with Crippen LogP contribution in [0, 0.1) is 0 Å². The van der Waals surface area contributed by atoms with Crippen LogP contribution in [0.25, 0.3) is 0 Å². The van der Waals surface area contributed by atoms with Crippen LogP contribution >= 0.6 is 0 Å². The summed E-state index contributed by atoms with van der Waals surface area (Å²) in [5, 5.41) is 2.96. The molecule has 1 amide bonds. The number of anilines is 1. The van der Waals surface area contributed by atoms with Gasteiger partial charge in [0, 0.05) is 44.6 Å². The van der Waals surface area contributed by atoms with E-state index in [-0.39, 0.29) is 11.7 Å². The number of piperidine rings is 1. The Balaban J connectivity index is 1.17. The molecule has 2 heterocycles. The van der Waals surface area contributed by atoms with Gasteiger partial charge in [-0.2, -0.15) is 0 Å². The lowest BCUT2D eigenvalue weighted by Gasteiger charge is -2.37. The molecular formula is C23H28N2O4. The van der Waals surface area contributed by atoms with Gasteiger partial charge >= 0.3 is 0 Å². The largest absolute Gasteiger partial charge is 0.489 e. The summed E-state index contributed by atoms with van der Waals surface area (Å²) in [6, 6.07) is 17.5. The molecule has 0 radical (unpaired) electrons. The molecule has 2 saturated heterocycles. The Hall–Kier alpha value is -2.41. The number of carbonyl (C=O) groups is 1. The topological polar surface area (TPSA) is 60.0 Å². The molecule has 0 aliphatic carbocycles. The van der Waals surface area contributed by atoms with Gasteiger partial charge in [0.1, 0.15) is 12.4 Å². The molecule has 2 fully saturated rings. The number of nitrogens with one attached hydrogen (secondary N) is 1. The van der Waals surface area contributed by atoms with E-state index in [2.05, 4.69) is 10.2 Å². The Kier molecular flexibility index (Phi) is 6.44. The summed E-state index contributed by atoms with van der Waals surface area (Å²) < 4.78 is 17.3. The number of carbonyl (C=O) groups excluding carboxylic acids is 1. The van der Waals surface area contributed by atoms with E-state index in [1.807, 2.05) is 54.6 Å². The number of hydrogen-bond donors (Lipinski definition) is 1.